The van der Waals surface area contributed by atoms with Crippen molar-refractivity contribution in [2.75, 3.05) is 12.8 Å². The van der Waals surface area contributed by atoms with Crippen LogP contribution in [0.2, 0.25) is 0 Å². The molecule has 0 saturated heterocycles. The first kappa shape index (κ1) is 13.3. The summed E-state index contributed by atoms with van der Waals surface area (Å²) in [5, 5.41) is 2.95. The van der Waals surface area contributed by atoms with Crippen molar-refractivity contribution in [2.45, 2.75) is 43.9 Å². The molecule has 1 aliphatic carbocycles. The van der Waals surface area contributed by atoms with Crippen LogP contribution in [0.25, 0.3) is 0 Å². The highest BCUT2D eigenvalue weighted by Gasteiger charge is 2.46. The SMILES string of the molecule is CC(C)NC(N)=NCC1(S(C)(=O)=O)CCC1. The molecule has 0 atom stereocenters. The molecule has 0 bridgehead atoms. The highest BCUT2D eigenvalue weighted by molar-refractivity contribution is 7.92. The topological polar surface area (TPSA) is 84.5 Å². The van der Waals surface area contributed by atoms with Crippen molar-refractivity contribution in [3.05, 3.63) is 0 Å². The maximum Gasteiger partial charge on any atom is 0.188 e. The molecule has 0 unspecified atom stereocenters. The van der Waals surface area contributed by atoms with E-state index in [-0.39, 0.29) is 12.6 Å². The van der Waals surface area contributed by atoms with E-state index in [2.05, 4.69) is 10.3 Å². The molecule has 3 N–H and O–H groups in total. The van der Waals surface area contributed by atoms with Gasteiger partial charge in [0.25, 0.3) is 0 Å². The smallest absolute Gasteiger partial charge is 0.188 e. The Kier molecular flexibility index (Phi) is 3.83. The first-order valence-corrected chi connectivity index (χ1v) is 7.42. The average Bonchev–Trinajstić information content (AvgIpc) is 1.97. The van der Waals surface area contributed by atoms with E-state index < -0.39 is 14.6 Å². The molecule has 0 aromatic carbocycles. The van der Waals surface area contributed by atoms with Crippen LogP contribution in [0.15, 0.2) is 4.99 Å². The first-order valence-electron chi connectivity index (χ1n) is 5.53. The number of hydrogen-bond acceptors (Lipinski definition) is 3. The molecule has 0 spiro atoms. The highest BCUT2D eigenvalue weighted by atomic mass is 32.2. The molecule has 0 amide bonds. The summed E-state index contributed by atoms with van der Waals surface area (Å²) in [5.74, 6) is 0.324. The molecule has 0 heterocycles. The molecule has 1 saturated carbocycles. The van der Waals surface area contributed by atoms with Gasteiger partial charge in [-0.2, -0.15) is 0 Å². The normalized spacial score (nSPS) is 20.6. The fourth-order valence-corrected chi connectivity index (χ4v) is 3.12. The Morgan fingerprint density at radius 2 is 2.06 bits per heavy atom. The third-order valence-corrected chi connectivity index (χ3v) is 5.14. The third-order valence-electron chi connectivity index (χ3n) is 3.03. The second kappa shape index (κ2) is 4.61. The molecule has 16 heavy (non-hydrogen) atoms. The van der Waals surface area contributed by atoms with Gasteiger partial charge in [-0.1, -0.05) is 6.42 Å². The van der Waals surface area contributed by atoms with E-state index in [1.54, 1.807) is 0 Å². The third kappa shape index (κ3) is 2.87. The van der Waals surface area contributed by atoms with Crippen LogP contribution in [0.3, 0.4) is 0 Å². The first-order chi connectivity index (χ1) is 7.27. The van der Waals surface area contributed by atoms with Gasteiger partial charge in [-0.25, -0.2) is 8.42 Å². The Balaban J connectivity index is 2.66. The minimum absolute atomic E-state index is 0.208. The van der Waals surface area contributed by atoms with E-state index >= 15 is 0 Å². The van der Waals surface area contributed by atoms with Gasteiger partial charge >= 0.3 is 0 Å². The lowest BCUT2D eigenvalue weighted by Gasteiger charge is -2.38. The van der Waals surface area contributed by atoms with Gasteiger partial charge in [-0.05, 0) is 26.7 Å². The lowest BCUT2D eigenvalue weighted by atomic mass is 9.84. The van der Waals surface area contributed by atoms with Crippen LogP contribution in [0.1, 0.15) is 33.1 Å². The van der Waals surface area contributed by atoms with Crippen molar-refractivity contribution >= 4 is 15.8 Å². The fraction of sp³-hybridized carbons (Fsp3) is 0.900. The summed E-state index contributed by atoms with van der Waals surface area (Å²) in [6.45, 7) is 4.19. The number of sulfone groups is 1. The van der Waals surface area contributed by atoms with Crippen molar-refractivity contribution in [3.8, 4) is 0 Å². The Bertz CT molecular complexity index is 370. The summed E-state index contributed by atoms with van der Waals surface area (Å²) in [5.41, 5.74) is 5.65. The average molecular weight is 247 g/mol. The molecule has 6 heteroatoms. The van der Waals surface area contributed by atoms with Gasteiger partial charge in [-0.15, -0.1) is 0 Å². The van der Waals surface area contributed by atoms with Crippen LogP contribution in [0, 0.1) is 0 Å². The van der Waals surface area contributed by atoms with Crippen molar-refractivity contribution in [1.82, 2.24) is 5.32 Å². The van der Waals surface area contributed by atoms with E-state index in [1.165, 1.54) is 6.26 Å². The minimum Gasteiger partial charge on any atom is -0.370 e. The van der Waals surface area contributed by atoms with E-state index in [1.807, 2.05) is 13.8 Å². The number of hydrogen-bond donors (Lipinski definition) is 2. The predicted molar refractivity (Wildman–Crippen MR) is 66.2 cm³/mol. The van der Waals surface area contributed by atoms with E-state index in [4.69, 9.17) is 5.73 Å². The number of nitrogens with zero attached hydrogens (tertiary/aromatic N) is 1. The summed E-state index contributed by atoms with van der Waals surface area (Å²) in [4.78, 5) is 4.13. The molecule has 94 valence electrons. The zero-order valence-electron chi connectivity index (χ0n) is 10.2. The van der Waals surface area contributed by atoms with E-state index in [0.29, 0.717) is 18.8 Å². The van der Waals surface area contributed by atoms with Crippen molar-refractivity contribution in [3.63, 3.8) is 0 Å². The predicted octanol–water partition coefficient (Wildman–Crippen LogP) is 0.266. The van der Waals surface area contributed by atoms with Gasteiger partial charge in [-0.3, -0.25) is 4.99 Å². The maximum absolute atomic E-state index is 11.6. The minimum atomic E-state index is -3.04. The Morgan fingerprint density at radius 3 is 2.38 bits per heavy atom. The Labute approximate surface area is 97.4 Å². The molecule has 0 aromatic heterocycles. The van der Waals surface area contributed by atoms with Crippen LogP contribution < -0.4 is 11.1 Å². The fourth-order valence-electron chi connectivity index (χ4n) is 1.79. The van der Waals surface area contributed by atoms with E-state index in [9.17, 15) is 8.42 Å². The summed E-state index contributed by atoms with van der Waals surface area (Å²) in [7, 11) is -3.04. The lowest BCUT2D eigenvalue weighted by Crippen LogP contribution is -2.48. The second-order valence-corrected chi connectivity index (χ2v) is 7.22. The second-order valence-electron chi connectivity index (χ2n) is 4.81. The summed E-state index contributed by atoms with van der Waals surface area (Å²) in [6, 6.07) is 0.208. The monoisotopic (exact) mass is 247 g/mol. The number of nitrogens with one attached hydrogen (secondary N) is 1. The highest BCUT2D eigenvalue weighted by Crippen LogP contribution is 2.39. The zero-order valence-corrected chi connectivity index (χ0v) is 11.0. The molecule has 0 aliphatic heterocycles. The standard InChI is InChI=1S/C10H21N3O2S/c1-8(2)13-9(11)12-7-10(5-4-6-10)16(3,14)15/h8H,4-7H2,1-3H3,(H3,11,12,13). The summed E-state index contributed by atoms with van der Waals surface area (Å²) in [6.07, 6.45) is 3.64. The van der Waals surface area contributed by atoms with Crippen LogP contribution in [-0.4, -0.2) is 38.0 Å². The van der Waals surface area contributed by atoms with Gasteiger partial charge in [0.15, 0.2) is 15.8 Å². The Hall–Kier alpha value is -0.780. The Morgan fingerprint density at radius 1 is 1.50 bits per heavy atom. The van der Waals surface area contributed by atoms with Crippen LogP contribution in [-0.2, 0) is 9.84 Å². The molecule has 1 fully saturated rings. The molecule has 0 radical (unpaired) electrons. The number of aliphatic imine (C=N–C) groups is 1. The van der Waals surface area contributed by atoms with Gasteiger partial charge < -0.3 is 11.1 Å². The van der Waals surface area contributed by atoms with Crippen LogP contribution >= 0.6 is 0 Å². The quantitative estimate of drug-likeness (QED) is 0.551. The molecular weight excluding hydrogens is 226 g/mol. The van der Waals surface area contributed by atoms with Gasteiger partial charge in [0.1, 0.15) is 0 Å². The van der Waals surface area contributed by atoms with Crippen molar-refractivity contribution in [2.24, 2.45) is 10.7 Å². The van der Waals surface area contributed by atoms with Crippen LogP contribution in [0.5, 0.6) is 0 Å². The van der Waals surface area contributed by atoms with E-state index in [0.717, 1.165) is 6.42 Å². The maximum atomic E-state index is 11.6. The van der Waals surface area contributed by atoms with Gasteiger partial charge in [0.05, 0.1) is 11.3 Å². The van der Waals surface area contributed by atoms with Crippen LogP contribution in [0.4, 0.5) is 0 Å². The molecule has 5 nitrogen and oxygen atoms in total. The lowest BCUT2D eigenvalue weighted by molar-refractivity contribution is 0.346. The molecule has 0 aromatic rings. The number of guanidine groups is 1. The van der Waals surface area contributed by atoms with Crippen molar-refractivity contribution < 1.29 is 8.42 Å². The number of rotatable bonds is 4. The molecule has 1 rings (SSSR count). The largest absolute Gasteiger partial charge is 0.370 e. The van der Waals surface area contributed by atoms with Crippen molar-refractivity contribution in [1.29, 1.82) is 0 Å². The number of nitrogens with two attached hydrogens (primary N) is 1. The summed E-state index contributed by atoms with van der Waals surface area (Å²) < 4.78 is 22.6. The van der Waals surface area contributed by atoms with Gasteiger partial charge in [0, 0.05) is 12.3 Å². The van der Waals surface area contributed by atoms with Gasteiger partial charge in [0.2, 0.25) is 0 Å². The molecule has 1 aliphatic rings. The zero-order chi connectivity index (χ0) is 12.4. The molecular formula is C10H21N3O2S. The summed E-state index contributed by atoms with van der Waals surface area (Å²) >= 11 is 0.